The van der Waals surface area contributed by atoms with Gasteiger partial charge in [-0.1, -0.05) is 157 Å². The van der Waals surface area contributed by atoms with Crippen molar-refractivity contribution in [1.29, 1.82) is 0 Å². The molecule has 1 fully saturated rings. The van der Waals surface area contributed by atoms with Crippen LogP contribution in [0.1, 0.15) is 162 Å². The fraction of sp³-hybridized carbons (Fsp3) is 0.688. The summed E-state index contributed by atoms with van der Waals surface area (Å²) < 4.78 is 21.6. The highest BCUT2D eigenvalue weighted by Crippen LogP contribution is 2.23. The average molecular weight is 831 g/mol. The zero-order valence-electron chi connectivity index (χ0n) is 36.2. The summed E-state index contributed by atoms with van der Waals surface area (Å²) in [6, 6.07) is 0. The number of hydrogen-bond acceptors (Lipinski definition) is 10. The minimum Gasteiger partial charge on any atom is -0.479 e. The van der Waals surface area contributed by atoms with Crippen LogP contribution in [0.4, 0.5) is 0 Å². The summed E-state index contributed by atoms with van der Waals surface area (Å²) in [4.78, 5) is 36.8. The summed E-state index contributed by atoms with van der Waals surface area (Å²) in [5, 5.41) is 39.8. The fourth-order valence-electron chi connectivity index (χ4n) is 6.30. The first kappa shape index (κ1) is 53.7. The van der Waals surface area contributed by atoms with E-state index in [2.05, 4.69) is 68.5 Å². The third-order valence-corrected chi connectivity index (χ3v) is 9.82. The molecule has 11 nitrogen and oxygen atoms in total. The zero-order valence-corrected chi connectivity index (χ0v) is 36.2. The van der Waals surface area contributed by atoms with Crippen molar-refractivity contribution in [3.63, 3.8) is 0 Å². The van der Waals surface area contributed by atoms with Gasteiger partial charge in [-0.2, -0.15) is 0 Å². The van der Waals surface area contributed by atoms with Crippen molar-refractivity contribution in [1.82, 2.24) is 0 Å². The molecule has 0 aromatic rings. The number of rotatable bonds is 36. The van der Waals surface area contributed by atoms with Gasteiger partial charge in [-0.3, -0.25) is 9.59 Å². The Bertz CT molecular complexity index is 1250. The number of aliphatic hydroxyl groups excluding tert-OH is 3. The van der Waals surface area contributed by atoms with Crippen LogP contribution in [0.25, 0.3) is 0 Å². The average Bonchev–Trinajstić information content (AvgIpc) is 3.22. The molecule has 0 bridgehead atoms. The predicted octanol–water partition coefficient (Wildman–Crippen LogP) is 9.70. The van der Waals surface area contributed by atoms with E-state index in [1.165, 1.54) is 64.2 Å². The summed E-state index contributed by atoms with van der Waals surface area (Å²) in [6.07, 6.45) is 38.4. The van der Waals surface area contributed by atoms with Crippen molar-refractivity contribution >= 4 is 17.9 Å². The Morgan fingerprint density at radius 1 is 0.559 bits per heavy atom. The van der Waals surface area contributed by atoms with Crippen LogP contribution in [-0.2, 0) is 33.3 Å². The van der Waals surface area contributed by atoms with E-state index in [0.717, 1.165) is 57.8 Å². The molecule has 11 heteroatoms. The maximum Gasteiger partial charge on any atom is 0.335 e. The van der Waals surface area contributed by atoms with Crippen LogP contribution in [0.5, 0.6) is 0 Å². The molecule has 0 amide bonds. The molecular weight excluding hydrogens is 753 g/mol. The topological polar surface area (TPSA) is 169 Å². The monoisotopic (exact) mass is 831 g/mol. The van der Waals surface area contributed by atoms with Crippen LogP contribution in [0.3, 0.4) is 0 Å². The smallest absolute Gasteiger partial charge is 0.335 e. The minimum atomic E-state index is -1.88. The Balaban J connectivity index is 2.43. The van der Waals surface area contributed by atoms with Crippen molar-refractivity contribution < 1.29 is 53.8 Å². The molecule has 1 saturated heterocycles. The van der Waals surface area contributed by atoms with Gasteiger partial charge in [-0.15, -0.1) is 0 Å². The summed E-state index contributed by atoms with van der Waals surface area (Å²) in [6.45, 7) is 3.60. The minimum absolute atomic E-state index is 0.000122. The lowest BCUT2D eigenvalue weighted by Crippen LogP contribution is -2.60. The van der Waals surface area contributed by atoms with E-state index < -0.39 is 61.3 Å². The molecule has 0 aromatic carbocycles. The van der Waals surface area contributed by atoms with Gasteiger partial charge in [0.1, 0.15) is 24.9 Å². The molecule has 6 atom stereocenters. The third kappa shape index (κ3) is 29.5. The van der Waals surface area contributed by atoms with Crippen molar-refractivity contribution in [2.75, 3.05) is 13.2 Å². The van der Waals surface area contributed by atoms with Gasteiger partial charge in [0.15, 0.2) is 18.5 Å². The van der Waals surface area contributed by atoms with Crippen LogP contribution in [0, 0.1) is 0 Å². The maximum absolute atomic E-state index is 12.8. The predicted molar refractivity (Wildman–Crippen MR) is 233 cm³/mol. The molecule has 6 unspecified atom stereocenters. The van der Waals surface area contributed by atoms with Crippen molar-refractivity contribution in [3.05, 3.63) is 72.9 Å². The lowest BCUT2D eigenvalue weighted by molar-refractivity contribution is -0.298. The summed E-state index contributed by atoms with van der Waals surface area (Å²) in [5.74, 6) is -2.62. The lowest BCUT2D eigenvalue weighted by Gasteiger charge is -2.38. The van der Waals surface area contributed by atoms with Gasteiger partial charge in [0.05, 0.1) is 13.0 Å². The van der Waals surface area contributed by atoms with Gasteiger partial charge in [0, 0.05) is 6.42 Å². The van der Waals surface area contributed by atoms with Gasteiger partial charge in [-0.05, 0) is 64.2 Å². The van der Waals surface area contributed by atoms with Crippen LogP contribution in [-0.4, -0.2) is 88.4 Å². The second-order valence-electron chi connectivity index (χ2n) is 15.2. The van der Waals surface area contributed by atoms with E-state index in [-0.39, 0.29) is 19.4 Å². The molecule has 0 saturated carbocycles. The lowest BCUT2D eigenvalue weighted by atomic mass is 9.99. The Hall–Kier alpha value is -3.35. The van der Waals surface area contributed by atoms with Crippen LogP contribution < -0.4 is 0 Å². The highest BCUT2D eigenvalue weighted by atomic mass is 16.7. The quantitative estimate of drug-likeness (QED) is 0.0269. The second-order valence-corrected chi connectivity index (χ2v) is 15.2. The molecule has 1 aliphatic rings. The van der Waals surface area contributed by atoms with Crippen LogP contribution >= 0.6 is 0 Å². The number of aliphatic hydroxyl groups is 3. The fourth-order valence-corrected chi connectivity index (χ4v) is 6.30. The van der Waals surface area contributed by atoms with Gasteiger partial charge < -0.3 is 39.4 Å². The third-order valence-electron chi connectivity index (χ3n) is 9.82. The number of esters is 2. The van der Waals surface area contributed by atoms with Gasteiger partial charge in [0.2, 0.25) is 0 Å². The Morgan fingerprint density at radius 2 is 1.05 bits per heavy atom. The first-order valence-electron chi connectivity index (χ1n) is 22.5. The molecule has 59 heavy (non-hydrogen) atoms. The van der Waals surface area contributed by atoms with Gasteiger partial charge in [-0.25, -0.2) is 4.79 Å². The molecule has 0 aliphatic carbocycles. The number of unbranched alkanes of at least 4 members (excludes halogenated alkanes) is 14. The van der Waals surface area contributed by atoms with Crippen molar-refractivity contribution in [2.24, 2.45) is 0 Å². The molecule has 0 aromatic heterocycles. The number of hydrogen-bond donors (Lipinski definition) is 4. The Kier molecular flexibility index (Phi) is 34.2. The zero-order chi connectivity index (χ0) is 43.2. The normalized spacial score (nSPS) is 20.6. The van der Waals surface area contributed by atoms with E-state index in [4.69, 9.17) is 18.9 Å². The van der Waals surface area contributed by atoms with Crippen LogP contribution in [0.2, 0.25) is 0 Å². The summed E-state index contributed by atoms with van der Waals surface area (Å²) in [5.41, 5.74) is 0. The number of carboxylic acid groups (broad SMARTS) is 1. The highest BCUT2D eigenvalue weighted by molar-refractivity contribution is 5.73. The second kappa shape index (κ2) is 37.6. The Morgan fingerprint density at radius 3 is 1.58 bits per heavy atom. The molecular formula is C48H78O11. The number of carboxylic acids is 1. The van der Waals surface area contributed by atoms with E-state index in [9.17, 15) is 34.8 Å². The molecule has 1 aliphatic heterocycles. The number of allylic oxidation sites excluding steroid dienone is 11. The highest BCUT2D eigenvalue weighted by Gasteiger charge is 2.47. The molecule has 336 valence electrons. The summed E-state index contributed by atoms with van der Waals surface area (Å²) >= 11 is 0. The largest absolute Gasteiger partial charge is 0.479 e. The standard InChI is InChI=1S/C48H78O11/c1-3-5-7-9-11-13-15-17-19-20-21-23-25-27-29-31-33-35-37-42(50)58-40(39-57-48-45(53)43(51)44(52)46(59-48)47(54)55)38-56-41(49)36-34-32-30-28-26-24-22-18-16-14-12-10-8-6-4-2/h6,8,12,14,18-20,22,26,28,32,34,40,43-46,48,51-53H,3-5,7,9-11,13,15-17,21,23-25,27,29-31,33,35-39H2,1-2H3,(H,54,55)/b8-6-,14-12-,20-19-,22-18-,28-26-,34-32-. The first-order chi connectivity index (χ1) is 28.7. The first-order valence-corrected chi connectivity index (χ1v) is 22.5. The number of aliphatic carboxylic acids is 1. The van der Waals surface area contributed by atoms with Crippen molar-refractivity contribution in [2.45, 2.75) is 198 Å². The van der Waals surface area contributed by atoms with Crippen molar-refractivity contribution in [3.8, 4) is 0 Å². The number of carbonyl (C=O) groups is 3. The van der Waals surface area contributed by atoms with E-state index in [1.54, 1.807) is 6.08 Å². The molecule has 4 N–H and O–H groups in total. The molecule has 0 radical (unpaired) electrons. The van der Waals surface area contributed by atoms with Gasteiger partial charge in [0.25, 0.3) is 0 Å². The SMILES string of the molecule is CC/C=C\C/C=C\C/C=C\C/C=C\C/C=C\CC(=O)OCC(COC1OC(C(=O)O)C(O)C(O)C1O)OC(=O)CCCCCCCCC/C=C\CCCCCCCCC. The van der Waals surface area contributed by atoms with E-state index >= 15 is 0 Å². The van der Waals surface area contributed by atoms with Crippen LogP contribution in [0.15, 0.2) is 72.9 Å². The maximum atomic E-state index is 12.8. The number of ether oxygens (including phenoxy) is 4. The van der Waals surface area contributed by atoms with E-state index in [1.807, 2.05) is 12.2 Å². The van der Waals surface area contributed by atoms with E-state index in [0.29, 0.717) is 12.8 Å². The Labute approximate surface area is 355 Å². The summed E-state index contributed by atoms with van der Waals surface area (Å²) in [7, 11) is 0. The van der Waals surface area contributed by atoms with Gasteiger partial charge >= 0.3 is 17.9 Å². The molecule has 1 heterocycles. The number of carbonyl (C=O) groups excluding carboxylic acids is 2. The molecule has 0 spiro atoms. The molecule has 1 rings (SSSR count).